The van der Waals surface area contributed by atoms with E-state index in [-0.39, 0.29) is 18.4 Å². The molecule has 0 radical (unpaired) electrons. The fraction of sp³-hybridized carbons (Fsp3) is 0.214. The number of carbonyl (C=O) groups is 2. The summed E-state index contributed by atoms with van der Waals surface area (Å²) in [5, 5.41) is 15.3. The number of aliphatic carboxylic acids is 1. The van der Waals surface area contributed by atoms with E-state index >= 15 is 0 Å². The zero-order valence-corrected chi connectivity index (χ0v) is 11.0. The van der Waals surface area contributed by atoms with Gasteiger partial charge >= 0.3 is 5.97 Å². The van der Waals surface area contributed by atoms with E-state index in [2.05, 4.69) is 10.4 Å². The normalized spacial score (nSPS) is 16.1. The third-order valence-electron chi connectivity index (χ3n) is 3.21. The molecule has 7 heteroatoms. The first-order chi connectivity index (χ1) is 10.1. The molecule has 3 rings (SSSR count). The second-order valence-electron chi connectivity index (χ2n) is 4.68. The molecular weight excluding hydrogens is 274 g/mol. The summed E-state index contributed by atoms with van der Waals surface area (Å²) < 4.78 is 6.71. The number of carboxylic acids is 1. The van der Waals surface area contributed by atoms with Gasteiger partial charge in [0.05, 0.1) is 0 Å². The molecule has 0 bridgehead atoms. The number of nitrogens with one attached hydrogen (secondary N) is 1. The van der Waals surface area contributed by atoms with Crippen molar-refractivity contribution in [1.29, 1.82) is 0 Å². The third kappa shape index (κ3) is 2.71. The van der Waals surface area contributed by atoms with Crippen LogP contribution in [0.2, 0.25) is 0 Å². The van der Waals surface area contributed by atoms with E-state index in [1.807, 2.05) is 24.3 Å². The van der Waals surface area contributed by atoms with Crippen LogP contribution in [-0.4, -0.2) is 33.4 Å². The maximum absolute atomic E-state index is 12.3. The number of benzene rings is 1. The van der Waals surface area contributed by atoms with Crippen LogP contribution in [0.25, 0.3) is 0 Å². The van der Waals surface area contributed by atoms with E-state index in [1.54, 1.807) is 6.07 Å². The number of anilines is 1. The maximum Gasteiger partial charge on any atom is 0.325 e. The Balaban J connectivity index is 1.70. The maximum atomic E-state index is 12.3. The molecule has 2 heterocycles. The van der Waals surface area contributed by atoms with Crippen LogP contribution >= 0.6 is 0 Å². The highest BCUT2D eigenvalue weighted by Gasteiger charge is 2.30. The summed E-state index contributed by atoms with van der Waals surface area (Å²) in [5.41, 5.74) is 0.847. The summed E-state index contributed by atoms with van der Waals surface area (Å²) >= 11 is 0. The quantitative estimate of drug-likeness (QED) is 0.877. The van der Waals surface area contributed by atoms with Gasteiger partial charge in [-0.3, -0.25) is 14.3 Å². The minimum absolute atomic E-state index is 0.222. The van der Waals surface area contributed by atoms with Crippen molar-refractivity contribution in [1.82, 2.24) is 9.78 Å². The molecule has 0 aliphatic carbocycles. The van der Waals surface area contributed by atoms with Crippen molar-refractivity contribution >= 4 is 17.7 Å². The first kappa shape index (κ1) is 13.2. The molecule has 108 valence electrons. The standard InChI is InChI=1S/C14H13N3O4/c18-13(19)7-17-6-5-12(16-17)15-14(20)10-8-21-11-4-2-1-3-9(10)11/h1-6,10H,7-8H2,(H,18,19)(H,15,16,20). The molecule has 1 atom stereocenters. The van der Waals surface area contributed by atoms with Crippen LogP contribution in [0.1, 0.15) is 11.5 Å². The van der Waals surface area contributed by atoms with Crippen molar-refractivity contribution in [3.63, 3.8) is 0 Å². The van der Waals surface area contributed by atoms with Gasteiger partial charge in [0, 0.05) is 17.8 Å². The molecule has 1 aromatic carbocycles. The predicted octanol–water partition coefficient (Wildman–Crippen LogP) is 1.08. The molecule has 1 aliphatic rings. The molecule has 1 aliphatic heterocycles. The van der Waals surface area contributed by atoms with Crippen molar-refractivity contribution in [3.05, 3.63) is 42.1 Å². The number of para-hydroxylation sites is 1. The highest BCUT2D eigenvalue weighted by Crippen LogP contribution is 2.33. The van der Waals surface area contributed by atoms with Crippen molar-refractivity contribution in [2.45, 2.75) is 12.5 Å². The molecule has 0 fully saturated rings. The van der Waals surface area contributed by atoms with Gasteiger partial charge in [-0.1, -0.05) is 18.2 Å². The molecule has 1 unspecified atom stereocenters. The summed E-state index contributed by atoms with van der Waals surface area (Å²) in [6.45, 7) is 0.0479. The minimum atomic E-state index is -0.992. The van der Waals surface area contributed by atoms with Gasteiger partial charge in [0.1, 0.15) is 24.8 Å². The van der Waals surface area contributed by atoms with E-state index in [4.69, 9.17) is 9.84 Å². The first-order valence-corrected chi connectivity index (χ1v) is 6.41. The number of aromatic nitrogens is 2. The largest absolute Gasteiger partial charge is 0.492 e. The first-order valence-electron chi connectivity index (χ1n) is 6.41. The number of rotatable bonds is 4. The van der Waals surface area contributed by atoms with Crippen molar-refractivity contribution < 1.29 is 19.4 Å². The van der Waals surface area contributed by atoms with Gasteiger partial charge in [-0.05, 0) is 6.07 Å². The van der Waals surface area contributed by atoms with Crippen LogP contribution in [0.15, 0.2) is 36.5 Å². The molecule has 7 nitrogen and oxygen atoms in total. The van der Waals surface area contributed by atoms with Gasteiger partial charge in [0.15, 0.2) is 5.82 Å². The molecule has 1 amide bonds. The zero-order chi connectivity index (χ0) is 14.8. The number of amides is 1. The Kier molecular flexibility index (Phi) is 3.31. The summed E-state index contributed by atoms with van der Waals surface area (Å²) in [6, 6.07) is 8.95. The van der Waals surface area contributed by atoms with Crippen molar-refractivity contribution in [2.24, 2.45) is 0 Å². The monoisotopic (exact) mass is 287 g/mol. The highest BCUT2D eigenvalue weighted by molar-refractivity contribution is 5.96. The lowest BCUT2D eigenvalue weighted by molar-refractivity contribution is -0.137. The Hall–Kier alpha value is -2.83. The average molecular weight is 287 g/mol. The molecule has 0 spiro atoms. The van der Waals surface area contributed by atoms with Gasteiger partial charge < -0.3 is 15.2 Å². The second-order valence-corrected chi connectivity index (χ2v) is 4.68. The molecule has 21 heavy (non-hydrogen) atoms. The van der Waals surface area contributed by atoms with E-state index < -0.39 is 5.97 Å². The van der Waals surface area contributed by atoms with Crippen LogP contribution in [0, 0.1) is 0 Å². The van der Waals surface area contributed by atoms with Crippen LogP contribution in [0.5, 0.6) is 5.75 Å². The topological polar surface area (TPSA) is 93.5 Å². The Labute approximate surface area is 120 Å². The molecular formula is C14H13N3O4. The van der Waals surface area contributed by atoms with E-state index in [0.717, 1.165) is 5.56 Å². The second kappa shape index (κ2) is 5.28. The number of ether oxygens (including phenoxy) is 1. The summed E-state index contributed by atoms with van der Waals surface area (Å²) in [4.78, 5) is 22.8. The summed E-state index contributed by atoms with van der Waals surface area (Å²) in [7, 11) is 0. The van der Waals surface area contributed by atoms with Crippen molar-refractivity contribution in [3.8, 4) is 5.75 Å². The van der Waals surface area contributed by atoms with Crippen molar-refractivity contribution in [2.75, 3.05) is 11.9 Å². The Morgan fingerprint density at radius 1 is 1.38 bits per heavy atom. The lowest BCUT2D eigenvalue weighted by Gasteiger charge is -2.08. The molecule has 0 saturated carbocycles. The number of carboxylic acid groups (broad SMARTS) is 1. The van der Waals surface area contributed by atoms with Crippen LogP contribution < -0.4 is 10.1 Å². The van der Waals surface area contributed by atoms with Gasteiger partial charge in [-0.15, -0.1) is 0 Å². The lowest BCUT2D eigenvalue weighted by Crippen LogP contribution is -2.22. The zero-order valence-electron chi connectivity index (χ0n) is 11.0. The number of carbonyl (C=O) groups excluding carboxylic acids is 1. The van der Waals surface area contributed by atoms with Gasteiger partial charge in [-0.2, -0.15) is 5.10 Å². The fourth-order valence-corrected chi connectivity index (χ4v) is 2.25. The Bertz CT molecular complexity index is 695. The summed E-state index contributed by atoms with van der Waals surface area (Å²) in [5.74, 6) is -0.555. The van der Waals surface area contributed by atoms with Gasteiger partial charge in [0.25, 0.3) is 0 Å². The number of hydrogen-bond donors (Lipinski definition) is 2. The van der Waals surface area contributed by atoms with Crippen LogP contribution in [-0.2, 0) is 16.1 Å². The van der Waals surface area contributed by atoms with Gasteiger partial charge in [0.2, 0.25) is 5.91 Å². The number of fused-ring (bicyclic) bond motifs is 1. The number of nitrogens with zero attached hydrogens (tertiary/aromatic N) is 2. The highest BCUT2D eigenvalue weighted by atomic mass is 16.5. The average Bonchev–Trinajstić information content (AvgIpc) is 3.04. The molecule has 2 N–H and O–H groups in total. The lowest BCUT2D eigenvalue weighted by atomic mass is 10.0. The fourth-order valence-electron chi connectivity index (χ4n) is 2.25. The summed E-state index contributed by atoms with van der Waals surface area (Å²) in [6.07, 6.45) is 1.50. The smallest absolute Gasteiger partial charge is 0.325 e. The molecule has 1 aromatic heterocycles. The predicted molar refractivity (Wildman–Crippen MR) is 73.2 cm³/mol. The molecule has 0 saturated heterocycles. The third-order valence-corrected chi connectivity index (χ3v) is 3.21. The van der Waals surface area contributed by atoms with Crippen LogP contribution in [0.3, 0.4) is 0 Å². The van der Waals surface area contributed by atoms with E-state index in [0.29, 0.717) is 18.2 Å². The van der Waals surface area contributed by atoms with Gasteiger partial charge in [-0.25, -0.2) is 0 Å². The Morgan fingerprint density at radius 3 is 3.00 bits per heavy atom. The van der Waals surface area contributed by atoms with Crippen LogP contribution in [0.4, 0.5) is 5.82 Å². The molecule has 2 aromatic rings. The van der Waals surface area contributed by atoms with E-state index in [9.17, 15) is 9.59 Å². The Morgan fingerprint density at radius 2 is 2.19 bits per heavy atom. The minimum Gasteiger partial charge on any atom is -0.492 e. The number of hydrogen-bond acceptors (Lipinski definition) is 4. The van der Waals surface area contributed by atoms with E-state index in [1.165, 1.54) is 10.9 Å². The SMILES string of the molecule is O=C(O)Cn1ccc(NC(=O)C2COc3ccccc32)n1.